The SMILES string of the molecule is C.C.[2H]C([2H])([2H])C([2H])(C([2H])([2H])C)C([2H])([2H])C1([2H])C(=O)C([2H])([2H])C2([2H])c3cc(OC)c(OC)cc3C([2H])([2H])C([2H])([2H])N2C1([2H])[2H].[2H]c1c2c(c([2H])c(OC)c1OC)C1CC(=O)C(C([2H])([2H])C([2H])(C([2H])([2H])[2H])C([2H])([2H])C)CN1CC2.[2H]c1c2c(c([2H])c(OC)c1OC)C1CC(=O)C(CC(C)C)CN1CC2.[2H]c1c2c(c([2H])c(OC)c1OC)C1N(CC2)CC([2H])(CC(C)C)C(=O)C1([2H])[2H]. The topological polar surface area (TPSA) is 155 Å². The number of hydrogen-bond acceptors (Lipinski definition) is 16. The van der Waals surface area contributed by atoms with Gasteiger partial charge in [-0.2, -0.15) is 0 Å². The van der Waals surface area contributed by atoms with Crippen LogP contribution in [0.4, 0.5) is 0 Å². The molecule has 0 aliphatic carbocycles. The summed E-state index contributed by atoms with van der Waals surface area (Å²) >= 11 is 0. The van der Waals surface area contributed by atoms with E-state index in [-0.39, 0.29) is 129 Å². The second-order valence-corrected chi connectivity index (χ2v) is 24.3. The zero-order chi connectivity index (χ0) is 98.6. The summed E-state index contributed by atoms with van der Waals surface area (Å²) in [6.07, 6.45) is -20.7. The monoisotopic (exact) mass is 1360 g/mol. The van der Waals surface area contributed by atoms with Gasteiger partial charge in [0, 0.05) is 164 Å². The van der Waals surface area contributed by atoms with Crippen molar-refractivity contribution in [2.45, 2.75) is 184 Å². The van der Waals surface area contributed by atoms with E-state index >= 15 is 0 Å². The first kappa shape index (κ1) is 41.4. The molecule has 0 amide bonds. The molecular weight excluding hydrogens is 1210 g/mol. The quantitative estimate of drug-likeness (QED) is 0.0926. The predicted octanol–water partition coefficient (Wildman–Crippen LogP) is 15.0. The summed E-state index contributed by atoms with van der Waals surface area (Å²) < 4.78 is 337. The zero-order valence-corrected chi connectivity index (χ0v) is 56.1. The Labute approximate surface area is 626 Å². The maximum atomic E-state index is 14.0. The number of piperidine rings is 4. The third-order valence-corrected chi connectivity index (χ3v) is 17.4. The molecule has 4 saturated heterocycles. The maximum absolute atomic E-state index is 14.0. The summed E-state index contributed by atoms with van der Waals surface area (Å²) in [6, 6.07) is -3.10. The molecule has 0 spiro atoms. The summed E-state index contributed by atoms with van der Waals surface area (Å²) in [5.74, 6) is -17.2. The molecule has 12 rings (SSSR count). The number of ketones is 4. The Morgan fingerprint density at radius 1 is 0.500 bits per heavy atom. The van der Waals surface area contributed by atoms with Crippen LogP contribution in [0.2, 0.25) is 0 Å². The molecule has 16 heteroatoms. The second kappa shape index (κ2) is 35.0. The second-order valence-electron chi connectivity index (χ2n) is 24.3. The van der Waals surface area contributed by atoms with Gasteiger partial charge in [0.15, 0.2) is 46.0 Å². The number of fused-ring (bicyclic) bond motifs is 12. The highest BCUT2D eigenvalue weighted by atomic mass is 16.5. The first-order chi connectivity index (χ1) is 58.7. The van der Waals surface area contributed by atoms with Crippen LogP contribution >= 0.6 is 0 Å². The molecule has 0 aromatic heterocycles. The lowest BCUT2D eigenvalue weighted by Crippen LogP contribution is -2.46. The fourth-order valence-electron chi connectivity index (χ4n) is 12.8. The molecule has 4 aromatic carbocycles. The van der Waals surface area contributed by atoms with Gasteiger partial charge in [-0.25, -0.2) is 0 Å². The van der Waals surface area contributed by atoms with Crippen molar-refractivity contribution in [3.05, 3.63) is 92.9 Å². The standard InChI is InChI=1S/2C20H29NO3.2C19H27NO3.2CH4/c2*1-5-13(2)8-15-12-21-7-6-14-9-19(23-3)20(24-4)10-16(14)17(21)11-18(15)22;2*1-12(2)7-14-11-20-6-5-13-8-18(22-3)19(23-4)9-15(13)16(20)10-17(14)21;;/h2*9-10,13,15,17H,5-8,11-12H2,1-4H3;2*8-9,12,14,16H,5-7,10-11H2,1-4H3;2*1H4/i2D3,5D2,6D2,7D2,8D2,11D2,12D2,13D,15D,17D;2D3,5D2,8D2,9D,10D,13D;8D,9D,10D2,14D;8D,9D;;. The van der Waals surface area contributed by atoms with Gasteiger partial charge in [0.2, 0.25) is 0 Å². The van der Waals surface area contributed by atoms with Crippen molar-refractivity contribution >= 4 is 23.1 Å². The Bertz CT molecular complexity index is 4970. The van der Waals surface area contributed by atoms with Crippen LogP contribution in [0.25, 0.3) is 0 Å². The van der Waals surface area contributed by atoms with Crippen LogP contribution in [0, 0.1) is 47.2 Å². The Hall–Kier alpha value is -6.20. The van der Waals surface area contributed by atoms with Crippen molar-refractivity contribution in [2.24, 2.45) is 47.2 Å². The fourth-order valence-corrected chi connectivity index (χ4v) is 12.8. The van der Waals surface area contributed by atoms with Crippen LogP contribution in [0.1, 0.15) is 251 Å². The smallest absolute Gasteiger partial charge is 0.161 e. The third-order valence-electron chi connectivity index (χ3n) is 17.4. The van der Waals surface area contributed by atoms with Gasteiger partial charge >= 0.3 is 0 Å². The fraction of sp³-hybridized carbons (Fsp3) is 0.650. The predicted molar refractivity (Wildman–Crippen MR) is 383 cm³/mol. The lowest BCUT2D eigenvalue weighted by molar-refractivity contribution is -0.130. The maximum Gasteiger partial charge on any atom is 0.161 e. The minimum absolute atomic E-state index is 0. The number of Topliss-reactive ketones (excluding diaryl/α,β-unsaturated/α-hetero) is 4. The minimum atomic E-state index is -4.49. The van der Waals surface area contributed by atoms with Gasteiger partial charge in [-0.3, -0.25) is 38.8 Å². The molecular formula is C80H120N4O12. The number of carbonyl (C=O) groups is 4. The van der Waals surface area contributed by atoms with Gasteiger partial charge in [-0.05, 0) is 168 Å². The van der Waals surface area contributed by atoms with Crippen molar-refractivity contribution in [3.8, 4) is 46.0 Å². The van der Waals surface area contributed by atoms with Crippen LogP contribution in [-0.4, -0.2) is 152 Å². The number of rotatable bonds is 18. The largest absolute Gasteiger partial charge is 0.493 e. The van der Waals surface area contributed by atoms with Crippen molar-refractivity contribution in [3.63, 3.8) is 0 Å². The highest BCUT2D eigenvalue weighted by Crippen LogP contribution is 2.48. The Balaban J connectivity index is 0.000000242. The molecule has 4 fully saturated rings. The highest BCUT2D eigenvalue weighted by Gasteiger charge is 2.43. The molecule has 532 valence electrons. The van der Waals surface area contributed by atoms with Gasteiger partial charge in [0.05, 0.1) is 66.5 Å². The van der Waals surface area contributed by atoms with Crippen LogP contribution in [0.15, 0.2) is 48.4 Å². The first-order valence-corrected chi connectivity index (χ1v) is 31.4. The van der Waals surface area contributed by atoms with Crippen molar-refractivity contribution < 1.29 is 105 Å². The van der Waals surface area contributed by atoms with E-state index in [1.165, 1.54) is 42.7 Å². The van der Waals surface area contributed by atoms with E-state index in [9.17, 15) is 20.5 Å². The van der Waals surface area contributed by atoms with Gasteiger partial charge in [0.1, 0.15) is 23.1 Å². The van der Waals surface area contributed by atoms with E-state index < -0.39 is 152 Å². The van der Waals surface area contributed by atoms with Crippen molar-refractivity contribution in [1.82, 2.24) is 19.6 Å². The van der Waals surface area contributed by atoms with E-state index in [0.717, 1.165) is 63.9 Å². The van der Waals surface area contributed by atoms with E-state index in [4.69, 9.17) is 84.5 Å². The molecule has 10 unspecified atom stereocenters. The average Bonchev–Trinajstić information content (AvgIpc) is 0.637. The van der Waals surface area contributed by atoms with E-state index in [1.54, 1.807) is 9.80 Å². The Morgan fingerprint density at radius 2 is 0.917 bits per heavy atom. The lowest BCUT2D eigenvalue weighted by atomic mass is 9.79. The van der Waals surface area contributed by atoms with Crippen LogP contribution < -0.4 is 37.9 Å². The molecule has 0 saturated carbocycles. The minimum Gasteiger partial charge on any atom is -0.493 e. The normalized spacial score (nSPS) is 35.9. The summed E-state index contributed by atoms with van der Waals surface area (Å²) in [7, 11) is 10.7. The molecule has 8 aliphatic rings. The van der Waals surface area contributed by atoms with E-state index in [2.05, 4.69) is 18.7 Å². The van der Waals surface area contributed by atoms with Gasteiger partial charge < -0.3 is 37.9 Å². The number of carbonyl (C=O) groups excluding carboxylic acids is 4. The summed E-state index contributed by atoms with van der Waals surface area (Å²) in [4.78, 5) is 58.4. The summed E-state index contributed by atoms with van der Waals surface area (Å²) in [6.45, 7) is -3.93. The van der Waals surface area contributed by atoms with E-state index in [1.807, 2.05) is 13.8 Å². The summed E-state index contributed by atoms with van der Waals surface area (Å²) in [5, 5.41) is 0. The van der Waals surface area contributed by atoms with Crippen molar-refractivity contribution in [1.29, 1.82) is 0 Å². The molecule has 10 atom stereocenters. The molecule has 0 bridgehead atoms. The number of aryl methyl sites for hydroxylation is 1. The van der Waals surface area contributed by atoms with Crippen LogP contribution in [0.3, 0.4) is 0 Å². The first-order valence-electron chi connectivity index (χ1n) is 48.9. The van der Waals surface area contributed by atoms with Crippen LogP contribution in [0.5, 0.6) is 46.0 Å². The summed E-state index contributed by atoms with van der Waals surface area (Å²) in [5.41, 5.74) is 1.79. The highest BCUT2D eigenvalue weighted by molar-refractivity contribution is 5.85. The van der Waals surface area contributed by atoms with Gasteiger partial charge in [0.25, 0.3) is 0 Å². The Kier molecular flexibility index (Phi) is 15.1. The molecule has 16 nitrogen and oxygen atoms in total. The zero-order valence-electron chi connectivity index (χ0n) is 91.1. The molecule has 8 aliphatic heterocycles. The van der Waals surface area contributed by atoms with E-state index in [0.29, 0.717) is 91.4 Å². The van der Waals surface area contributed by atoms with Crippen LogP contribution in [-0.2, 0) is 44.8 Å². The number of methoxy groups -OCH3 is 8. The number of hydrogen-bond donors (Lipinski definition) is 0. The molecule has 8 heterocycles. The Morgan fingerprint density at radius 3 is 1.38 bits per heavy atom. The van der Waals surface area contributed by atoms with Gasteiger partial charge in [-0.15, -0.1) is 0 Å². The molecule has 96 heavy (non-hydrogen) atoms. The number of benzene rings is 4. The van der Waals surface area contributed by atoms with Crippen molar-refractivity contribution in [2.75, 3.05) is 109 Å². The number of ether oxygens (including phenoxy) is 8. The number of nitrogens with zero attached hydrogens (tertiary/aromatic N) is 4. The third kappa shape index (κ3) is 17.6. The lowest BCUT2D eigenvalue weighted by Gasteiger charge is -2.43. The molecule has 4 aromatic rings. The molecule has 0 radical (unpaired) electrons. The average molecular weight is 1370 g/mol. The molecule has 0 N–H and O–H groups in total. The van der Waals surface area contributed by atoms with Gasteiger partial charge in [-0.1, -0.05) is 82.8 Å².